The van der Waals surface area contributed by atoms with Crippen molar-refractivity contribution in [3.8, 4) is 0 Å². The minimum atomic E-state index is -0.303. The average molecular weight is 143 g/mol. The van der Waals surface area contributed by atoms with E-state index in [1.54, 1.807) is 0 Å². The van der Waals surface area contributed by atoms with Crippen molar-refractivity contribution < 1.29 is 9.53 Å². The van der Waals surface area contributed by atoms with Crippen molar-refractivity contribution in [3.05, 3.63) is 6.92 Å². The van der Waals surface area contributed by atoms with Gasteiger partial charge in [0.05, 0.1) is 0 Å². The number of hydrogen-bond acceptors (Lipinski definition) is 2. The molecule has 2 nitrogen and oxygen atoms in total. The lowest BCUT2D eigenvalue weighted by atomic mass is 10.2. The third kappa shape index (κ3) is 4.50. The van der Waals surface area contributed by atoms with Crippen LogP contribution in [0.2, 0.25) is 0 Å². The Kier molecular flexibility index (Phi) is 5.22. The summed E-state index contributed by atoms with van der Waals surface area (Å²) in [6.45, 7) is 8.31. The first kappa shape index (κ1) is 9.63. The van der Waals surface area contributed by atoms with Crippen LogP contribution in [0.1, 0.15) is 20.3 Å². The van der Waals surface area contributed by atoms with Crippen molar-refractivity contribution in [2.75, 3.05) is 6.61 Å². The molecule has 10 heavy (non-hydrogen) atoms. The van der Waals surface area contributed by atoms with Gasteiger partial charge in [-0.2, -0.15) is 0 Å². The summed E-state index contributed by atoms with van der Waals surface area (Å²) in [6.07, 6.45) is 1.02. The number of carbonyl (C=O) groups excluding carboxylic acids is 1. The molecule has 0 aromatic heterocycles. The van der Waals surface area contributed by atoms with Gasteiger partial charge in [0.15, 0.2) is 0 Å². The summed E-state index contributed by atoms with van der Waals surface area (Å²) < 4.78 is 5.17. The summed E-state index contributed by atoms with van der Waals surface area (Å²) in [5.41, 5.74) is 0. The Morgan fingerprint density at radius 1 is 1.60 bits per heavy atom. The Morgan fingerprint density at radius 2 is 2.20 bits per heavy atom. The van der Waals surface area contributed by atoms with Gasteiger partial charge in [-0.15, -0.1) is 0 Å². The molecule has 0 aromatic rings. The first-order valence-corrected chi connectivity index (χ1v) is 3.56. The summed E-state index contributed by atoms with van der Waals surface area (Å²) in [5, 5.41) is 0. The second-order valence-electron chi connectivity index (χ2n) is 2.69. The molecule has 1 radical (unpaired) electrons. The maximum absolute atomic E-state index is 10.2. The van der Waals surface area contributed by atoms with Gasteiger partial charge < -0.3 is 9.53 Å². The molecule has 0 N–H and O–H groups in total. The van der Waals surface area contributed by atoms with Crippen LogP contribution < -0.4 is 0 Å². The van der Waals surface area contributed by atoms with Crippen LogP contribution in [-0.4, -0.2) is 19.0 Å². The van der Waals surface area contributed by atoms with Crippen molar-refractivity contribution in [1.29, 1.82) is 0 Å². The van der Waals surface area contributed by atoms with Gasteiger partial charge in [-0.1, -0.05) is 20.8 Å². The highest BCUT2D eigenvalue weighted by molar-refractivity contribution is 5.55. The lowest BCUT2D eigenvalue weighted by Gasteiger charge is -2.10. The van der Waals surface area contributed by atoms with Crippen molar-refractivity contribution in [1.82, 2.24) is 0 Å². The van der Waals surface area contributed by atoms with Crippen LogP contribution >= 0.6 is 0 Å². The summed E-state index contributed by atoms with van der Waals surface area (Å²) in [4.78, 5) is 10.2. The van der Waals surface area contributed by atoms with Gasteiger partial charge in [0, 0.05) is 6.61 Å². The van der Waals surface area contributed by atoms with Crippen LogP contribution in [0.5, 0.6) is 0 Å². The standard InChI is InChI=1S/C8H15O2/c1-4-8(5-9)10-6-7(2)3/h5,7-8H,1,4,6H2,2-3H3. The van der Waals surface area contributed by atoms with Crippen molar-refractivity contribution in [2.45, 2.75) is 26.4 Å². The normalized spacial score (nSPS) is 13.6. The highest BCUT2D eigenvalue weighted by atomic mass is 16.5. The van der Waals surface area contributed by atoms with E-state index < -0.39 is 0 Å². The van der Waals surface area contributed by atoms with Gasteiger partial charge in [-0.3, -0.25) is 0 Å². The summed E-state index contributed by atoms with van der Waals surface area (Å²) in [7, 11) is 0. The van der Waals surface area contributed by atoms with Crippen LogP contribution in [0.3, 0.4) is 0 Å². The molecule has 0 saturated carbocycles. The van der Waals surface area contributed by atoms with Gasteiger partial charge >= 0.3 is 0 Å². The predicted molar refractivity (Wildman–Crippen MR) is 40.6 cm³/mol. The number of carbonyl (C=O) groups is 1. The summed E-state index contributed by atoms with van der Waals surface area (Å²) in [6, 6.07) is 0. The molecule has 0 aliphatic heterocycles. The molecule has 59 valence electrons. The highest BCUT2D eigenvalue weighted by Gasteiger charge is 2.04. The molecule has 0 aromatic carbocycles. The molecule has 2 heteroatoms. The molecule has 0 heterocycles. The fourth-order valence-corrected chi connectivity index (χ4v) is 0.507. The smallest absolute Gasteiger partial charge is 0.148 e. The lowest BCUT2D eigenvalue weighted by molar-refractivity contribution is -0.118. The van der Waals surface area contributed by atoms with Gasteiger partial charge in [0.2, 0.25) is 0 Å². The van der Waals surface area contributed by atoms with Crippen LogP contribution in [0.15, 0.2) is 0 Å². The molecule has 0 amide bonds. The fraction of sp³-hybridized carbons (Fsp3) is 0.750. The number of hydrogen-bond donors (Lipinski definition) is 0. The van der Waals surface area contributed by atoms with Crippen molar-refractivity contribution in [3.63, 3.8) is 0 Å². The average Bonchev–Trinajstić information content (AvgIpc) is 1.90. The zero-order valence-electron chi connectivity index (χ0n) is 6.67. The molecule has 0 rings (SSSR count). The number of rotatable bonds is 5. The maximum atomic E-state index is 10.2. The van der Waals surface area contributed by atoms with Gasteiger partial charge in [0.1, 0.15) is 12.4 Å². The van der Waals surface area contributed by atoms with E-state index in [2.05, 4.69) is 6.92 Å². The second kappa shape index (κ2) is 5.42. The molecule has 1 atom stereocenters. The Morgan fingerprint density at radius 3 is 2.50 bits per heavy atom. The largest absolute Gasteiger partial charge is 0.370 e. The lowest BCUT2D eigenvalue weighted by Crippen LogP contribution is -2.16. The van der Waals surface area contributed by atoms with Crippen molar-refractivity contribution in [2.24, 2.45) is 5.92 Å². The minimum absolute atomic E-state index is 0.303. The van der Waals surface area contributed by atoms with E-state index in [-0.39, 0.29) is 6.10 Å². The van der Waals surface area contributed by atoms with E-state index in [1.165, 1.54) is 0 Å². The van der Waals surface area contributed by atoms with E-state index in [0.29, 0.717) is 18.9 Å². The monoisotopic (exact) mass is 143 g/mol. The molecular formula is C8H15O2. The third-order valence-corrected chi connectivity index (χ3v) is 1.08. The molecule has 0 bridgehead atoms. The summed E-state index contributed by atoms with van der Waals surface area (Å²) >= 11 is 0. The molecule has 0 fully saturated rings. The Labute approximate surface area is 62.6 Å². The van der Waals surface area contributed by atoms with Crippen LogP contribution in [0.4, 0.5) is 0 Å². The molecule has 0 spiro atoms. The predicted octanol–water partition coefficient (Wildman–Crippen LogP) is 1.45. The van der Waals surface area contributed by atoms with Gasteiger partial charge in [-0.05, 0) is 12.3 Å². The van der Waals surface area contributed by atoms with Gasteiger partial charge in [0.25, 0.3) is 0 Å². The zero-order chi connectivity index (χ0) is 7.98. The molecule has 0 aliphatic carbocycles. The molecular weight excluding hydrogens is 128 g/mol. The Bertz CT molecular complexity index is 89.3. The first-order chi connectivity index (χ1) is 4.70. The second-order valence-corrected chi connectivity index (χ2v) is 2.69. The van der Waals surface area contributed by atoms with Gasteiger partial charge in [-0.25, -0.2) is 0 Å². The highest BCUT2D eigenvalue weighted by Crippen LogP contribution is 1.98. The third-order valence-electron chi connectivity index (χ3n) is 1.08. The van der Waals surface area contributed by atoms with E-state index in [1.807, 2.05) is 13.8 Å². The summed E-state index contributed by atoms with van der Waals surface area (Å²) in [5.74, 6) is 0.481. The van der Waals surface area contributed by atoms with E-state index >= 15 is 0 Å². The SMILES string of the molecule is [CH2]CC(C=O)OCC(C)C. The van der Waals surface area contributed by atoms with Crippen LogP contribution in [-0.2, 0) is 9.53 Å². The number of ether oxygens (including phenoxy) is 1. The molecule has 0 aliphatic rings. The quantitative estimate of drug-likeness (QED) is 0.544. The maximum Gasteiger partial charge on any atom is 0.148 e. The minimum Gasteiger partial charge on any atom is -0.370 e. The van der Waals surface area contributed by atoms with Crippen LogP contribution in [0, 0.1) is 12.8 Å². The van der Waals surface area contributed by atoms with E-state index in [0.717, 1.165) is 6.29 Å². The topological polar surface area (TPSA) is 26.3 Å². The molecule has 0 saturated heterocycles. The first-order valence-electron chi connectivity index (χ1n) is 3.56. The van der Waals surface area contributed by atoms with Crippen molar-refractivity contribution >= 4 is 6.29 Å². The molecule has 1 unspecified atom stereocenters. The Hall–Kier alpha value is -0.370. The van der Waals surface area contributed by atoms with Crippen LogP contribution in [0.25, 0.3) is 0 Å². The number of aldehydes is 1. The zero-order valence-corrected chi connectivity index (χ0v) is 6.67. The van der Waals surface area contributed by atoms with E-state index in [4.69, 9.17) is 4.74 Å². The van der Waals surface area contributed by atoms with E-state index in [9.17, 15) is 4.79 Å². The fourth-order valence-electron chi connectivity index (χ4n) is 0.507. The Balaban J connectivity index is 3.34.